The molecule has 0 N–H and O–H groups in total. The zero-order chi connectivity index (χ0) is 18.4. The fourth-order valence-electron chi connectivity index (χ4n) is 3.42. The van der Waals surface area contributed by atoms with Crippen LogP contribution >= 0.6 is 11.6 Å². The smallest absolute Gasteiger partial charge is 0.416 e. The molecule has 0 heterocycles. The Hall–Kier alpha value is -1.23. The van der Waals surface area contributed by atoms with Gasteiger partial charge >= 0.3 is 12.1 Å². The van der Waals surface area contributed by atoms with Gasteiger partial charge in [-0.15, -0.1) is 11.6 Å². The fraction of sp³-hybridized carbons (Fsp3) is 0.632. The quantitative estimate of drug-likeness (QED) is 0.459. The van der Waals surface area contributed by atoms with E-state index in [0.717, 1.165) is 32.1 Å². The number of halogens is 4. The van der Waals surface area contributed by atoms with Crippen molar-refractivity contribution in [1.29, 1.82) is 0 Å². The Morgan fingerprint density at radius 3 is 2.56 bits per heavy atom. The van der Waals surface area contributed by atoms with Gasteiger partial charge in [-0.05, 0) is 55.7 Å². The molecule has 0 amide bonds. The molecule has 1 saturated carbocycles. The Balaban J connectivity index is 2.14. The molecule has 1 atom stereocenters. The molecule has 2 nitrogen and oxygen atoms in total. The minimum Gasteiger partial charge on any atom is -0.465 e. The molecule has 0 saturated heterocycles. The van der Waals surface area contributed by atoms with Crippen molar-refractivity contribution in [2.24, 2.45) is 0 Å². The van der Waals surface area contributed by atoms with Crippen LogP contribution in [0.1, 0.15) is 68.1 Å². The second-order valence-electron chi connectivity index (χ2n) is 6.51. The molecule has 1 aliphatic carbocycles. The van der Waals surface area contributed by atoms with Crippen LogP contribution in [0.3, 0.4) is 0 Å². The first-order chi connectivity index (χ1) is 11.8. The van der Waals surface area contributed by atoms with Gasteiger partial charge in [0.25, 0.3) is 0 Å². The van der Waals surface area contributed by atoms with Crippen LogP contribution in [0.4, 0.5) is 13.2 Å². The van der Waals surface area contributed by atoms with E-state index in [2.05, 4.69) is 0 Å². The van der Waals surface area contributed by atoms with E-state index in [0.29, 0.717) is 17.5 Å². The predicted octanol–water partition coefficient (Wildman–Crippen LogP) is 5.86. The molecule has 1 aromatic rings. The molecule has 0 spiro atoms. The predicted molar refractivity (Wildman–Crippen MR) is 91.9 cm³/mol. The first-order valence-electron chi connectivity index (χ1n) is 8.83. The van der Waals surface area contributed by atoms with Crippen LogP contribution in [0.25, 0.3) is 0 Å². The van der Waals surface area contributed by atoms with E-state index in [1.807, 2.05) is 0 Å². The van der Waals surface area contributed by atoms with E-state index in [4.69, 9.17) is 16.3 Å². The van der Waals surface area contributed by atoms with Crippen molar-refractivity contribution in [2.45, 2.75) is 69.3 Å². The molecular formula is C19H24ClF3O2. The summed E-state index contributed by atoms with van der Waals surface area (Å²) in [7, 11) is 0. The van der Waals surface area contributed by atoms with E-state index in [-0.39, 0.29) is 18.9 Å². The maximum atomic E-state index is 13.5. The fourth-order valence-corrected chi connectivity index (χ4v) is 3.59. The average Bonchev–Trinajstić information content (AvgIpc) is 2.59. The van der Waals surface area contributed by atoms with Gasteiger partial charge in [-0.25, -0.2) is 0 Å². The lowest BCUT2D eigenvalue weighted by molar-refractivity contribution is -0.143. The first-order valence-corrected chi connectivity index (χ1v) is 9.27. The van der Waals surface area contributed by atoms with Crippen LogP contribution in [-0.2, 0) is 22.1 Å². The maximum Gasteiger partial charge on any atom is 0.416 e. The monoisotopic (exact) mass is 376 g/mol. The van der Waals surface area contributed by atoms with Crippen molar-refractivity contribution < 1.29 is 22.7 Å². The third-order valence-electron chi connectivity index (χ3n) is 4.70. The molecule has 0 aliphatic heterocycles. The highest BCUT2D eigenvalue weighted by Crippen LogP contribution is 2.41. The molecule has 0 radical (unpaired) electrons. The maximum absolute atomic E-state index is 13.5. The molecule has 1 unspecified atom stereocenters. The zero-order valence-corrected chi connectivity index (χ0v) is 15.1. The lowest BCUT2D eigenvalue weighted by atomic mass is 9.81. The van der Waals surface area contributed by atoms with E-state index in [1.54, 1.807) is 19.1 Å². The van der Waals surface area contributed by atoms with Gasteiger partial charge in [0.2, 0.25) is 0 Å². The molecule has 140 valence electrons. The summed E-state index contributed by atoms with van der Waals surface area (Å²) in [5, 5.41) is -0.840. The molecule has 2 rings (SSSR count). The Bertz CT molecular complexity index is 581. The van der Waals surface area contributed by atoms with Gasteiger partial charge in [-0.3, -0.25) is 4.79 Å². The van der Waals surface area contributed by atoms with Crippen LogP contribution < -0.4 is 0 Å². The van der Waals surface area contributed by atoms with Crippen molar-refractivity contribution in [3.05, 3.63) is 34.9 Å². The molecule has 1 fully saturated rings. The summed E-state index contributed by atoms with van der Waals surface area (Å²) >= 11 is 5.95. The van der Waals surface area contributed by atoms with Crippen LogP contribution in [0.15, 0.2) is 18.2 Å². The minimum atomic E-state index is -4.37. The topological polar surface area (TPSA) is 26.3 Å². The summed E-state index contributed by atoms with van der Waals surface area (Å²) in [5.74, 6) is -0.543. The van der Waals surface area contributed by atoms with E-state index in [1.165, 1.54) is 6.07 Å². The summed E-state index contributed by atoms with van der Waals surface area (Å²) in [5.41, 5.74) is 0.407. The molecule has 6 heteroatoms. The van der Waals surface area contributed by atoms with Crippen LogP contribution in [0.5, 0.6) is 0 Å². The number of rotatable bonds is 6. The summed E-state index contributed by atoms with van der Waals surface area (Å²) in [6.45, 7) is 1.91. The van der Waals surface area contributed by atoms with Gasteiger partial charge in [0.15, 0.2) is 0 Å². The molecule has 0 bridgehead atoms. The summed E-state index contributed by atoms with van der Waals surface area (Å²) < 4.78 is 45.3. The second kappa shape index (κ2) is 8.93. The summed E-state index contributed by atoms with van der Waals surface area (Å²) in [6.07, 6.45) is 0.880. The van der Waals surface area contributed by atoms with Crippen LogP contribution in [0, 0.1) is 0 Å². The largest absolute Gasteiger partial charge is 0.465 e. The third kappa shape index (κ3) is 5.63. The number of hydrogen-bond acceptors (Lipinski definition) is 2. The van der Waals surface area contributed by atoms with E-state index in [9.17, 15) is 18.0 Å². The number of ether oxygens (including phenoxy) is 1. The Morgan fingerprint density at radius 1 is 1.28 bits per heavy atom. The molecule has 1 aromatic carbocycles. The number of carbonyl (C=O) groups is 1. The van der Waals surface area contributed by atoms with Crippen molar-refractivity contribution >= 4 is 17.6 Å². The highest BCUT2D eigenvalue weighted by atomic mass is 35.5. The number of alkyl halides is 4. The zero-order valence-electron chi connectivity index (χ0n) is 14.4. The van der Waals surface area contributed by atoms with Crippen LogP contribution in [0.2, 0.25) is 0 Å². The number of carbonyl (C=O) groups excluding carboxylic acids is 1. The van der Waals surface area contributed by atoms with Gasteiger partial charge in [0.1, 0.15) is 5.38 Å². The average molecular weight is 377 g/mol. The summed E-state index contributed by atoms with van der Waals surface area (Å²) in [6, 6.07) is 4.56. The van der Waals surface area contributed by atoms with Crippen molar-refractivity contribution in [3.63, 3.8) is 0 Å². The number of esters is 1. The lowest BCUT2D eigenvalue weighted by Gasteiger charge is -2.25. The third-order valence-corrected chi connectivity index (χ3v) is 5.09. The molecule has 1 aliphatic rings. The second-order valence-corrected chi connectivity index (χ2v) is 7.04. The highest BCUT2D eigenvalue weighted by Gasteiger charge is 2.35. The Kier molecular flexibility index (Phi) is 7.17. The van der Waals surface area contributed by atoms with Crippen molar-refractivity contribution in [2.75, 3.05) is 6.61 Å². The number of hydrogen-bond donors (Lipinski definition) is 0. The molecule has 25 heavy (non-hydrogen) atoms. The lowest BCUT2D eigenvalue weighted by Crippen LogP contribution is -2.19. The standard InChI is InChI=1S/C19H24ClF3O2/c1-2-25-18(24)17(20)11-9-13-8-10-15(14-6-4-3-5-7-14)16(12-13)19(21,22)23/h8,10,12,14,17H,2-7,9,11H2,1H3. The first kappa shape index (κ1) is 20.1. The number of benzene rings is 1. The van der Waals surface area contributed by atoms with E-state index < -0.39 is 23.1 Å². The Labute approximate surface area is 151 Å². The SMILES string of the molecule is CCOC(=O)C(Cl)CCc1ccc(C2CCCCC2)c(C(F)(F)F)c1. The van der Waals surface area contributed by atoms with E-state index >= 15 is 0 Å². The van der Waals surface area contributed by atoms with Gasteiger partial charge in [0.05, 0.1) is 12.2 Å². The normalized spacial score (nSPS) is 17.3. The van der Waals surface area contributed by atoms with Gasteiger partial charge < -0.3 is 4.74 Å². The Morgan fingerprint density at radius 2 is 1.96 bits per heavy atom. The van der Waals surface area contributed by atoms with Crippen molar-refractivity contribution in [3.8, 4) is 0 Å². The summed E-state index contributed by atoms with van der Waals surface area (Å²) in [4.78, 5) is 11.5. The van der Waals surface area contributed by atoms with Crippen LogP contribution in [-0.4, -0.2) is 18.0 Å². The highest BCUT2D eigenvalue weighted by molar-refractivity contribution is 6.29. The van der Waals surface area contributed by atoms with Gasteiger partial charge in [-0.1, -0.05) is 31.4 Å². The minimum absolute atomic E-state index is 0.0141. The van der Waals surface area contributed by atoms with Gasteiger partial charge in [-0.2, -0.15) is 13.2 Å². The van der Waals surface area contributed by atoms with Gasteiger partial charge in [0, 0.05) is 0 Å². The number of aryl methyl sites for hydroxylation is 1. The molecular weight excluding hydrogens is 353 g/mol. The molecule has 0 aromatic heterocycles. The van der Waals surface area contributed by atoms with Crippen molar-refractivity contribution in [1.82, 2.24) is 0 Å².